The molecule has 1 rings (SSSR count). The third-order valence-corrected chi connectivity index (χ3v) is 1.94. The zero-order chi connectivity index (χ0) is 11.6. The lowest BCUT2D eigenvalue weighted by Gasteiger charge is -2.07. The predicted molar refractivity (Wildman–Crippen MR) is 60.8 cm³/mol. The van der Waals surface area contributed by atoms with Gasteiger partial charge in [-0.1, -0.05) is 23.4 Å². The van der Waals surface area contributed by atoms with E-state index in [2.05, 4.69) is 16.9 Å². The van der Waals surface area contributed by atoms with Crippen LogP contribution in [0.1, 0.15) is 26.3 Å². The molecule has 1 aromatic heterocycles. The summed E-state index contributed by atoms with van der Waals surface area (Å²) in [6.45, 7) is 5.92. The summed E-state index contributed by atoms with van der Waals surface area (Å²) >= 11 is 5.85. The normalized spacial score (nSPS) is 10.7. The Morgan fingerprint density at radius 1 is 1.47 bits per heavy atom. The molecule has 0 unspecified atom stereocenters. The van der Waals surface area contributed by atoms with Gasteiger partial charge in [0.1, 0.15) is 5.56 Å². The highest BCUT2D eigenvalue weighted by Gasteiger charge is 2.07. The Kier molecular flexibility index (Phi) is 3.21. The first-order chi connectivity index (χ1) is 6.81. The molecule has 1 heterocycles. The van der Waals surface area contributed by atoms with Gasteiger partial charge in [-0.05, 0) is 20.8 Å². The second-order valence-electron chi connectivity index (χ2n) is 4.30. The Hall–Kier alpha value is -1.27. The molecule has 80 valence electrons. The number of aryl methyl sites for hydroxylation is 1. The van der Waals surface area contributed by atoms with Crippen molar-refractivity contribution in [3.8, 4) is 11.8 Å². The van der Waals surface area contributed by atoms with Gasteiger partial charge in [-0.3, -0.25) is 4.79 Å². The average Bonchev–Trinajstić information content (AvgIpc) is 2.10. The third kappa shape index (κ3) is 3.10. The van der Waals surface area contributed by atoms with Crippen LogP contribution in [-0.4, -0.2) is 9.78 Å². The summed E-state index contributed by atoms with van der Waals surface area (Å²) < 4.78 is 1.22. The molecule has 0 amide bonds. The SMILES string of the molecule is Cn1ncc(Cl)c(C#CC(C)(C)C)c1=O. The van der Waals surface area contributed by atoms with E-state index in [-0.39, 0.29) is 11.0 Å². The molecule has 0 saturated heterocycles. The van der Waals surface area contributed by atoms with E-state index in [0.29, 0.717) is 10.6 Å². The van der Waals surface area contributed by atoms with Crippen LogP contribution in [0, 0.1) is 17.3 Å². The molecule has 15 heavy (non-hydrogen) atoms. The van der Waals surface area contributed by atoms with Crippen molar-refractivity contribution in [2.24, 2.45) is 12.5 Å². The van der Waals surface area contributed by atoms with Gasteiger partial charge >= 0.3 is 0 Å². The van der Waals surface area contributed by atoms with Crippen LogP contribution in [-0.2, 0) is 7.05 Å². The topological polar surface area (TPSA) is 34.9 Å². The summed E-state index contributed by atoms with van der Waals surface area (Å²) in [5.41, 5.74) is -0.110. The van der Waals surface area contributed by atoms with Gasteiger partial charge in [-0.25, -0.2) is 4.68 Å². The molecule has 0 spiro atoms. The number of hydrogen-bond donors (Lipinski definition) is 0. The minimum Gasteiger partial charge on any atom is -0.266 e. The van der Waals surface area contributed by atoms with Crippen molar-refractivity contribution in [1.82, 2.24) is 9.78 Å². The molecule has 0 radical (unpaired) electrons. The molecule has 1 aromatic rings. The molecule has 0 atom stereocenters. The summed E-state index contributed by atoms with van der Waals surface area (Å²) in [6, 6.07) is 0. The Morgan fingerprint density at radius 2 is 2.07 bits per heavy atom. The Morgan fingerprint density at radius 3 is 2.60 bits per heavy atom. The van der Waals surface area contributed by atoms with Crippen molar-refractivity contribution in [2.45, 2.75) is 20.8 Å². The van der Waals surface area contributed by atoms with E-state index in [4.69, 9.17) is 11.6 Å². The summed E-state index contributed by atoms with van der Waals surface area (Å²) in [6.07, 6.45) is 1.43. The van der Waals surface area contributed by atoms with Gasteiger partial charge in [0.25, 0.3) is 5.56 Å². The molecular weight excluding hydrogens is 212 g/mol. The van der Waals surface area contributed by atoms with Crippen LogP contribution in [0.3, 0.4) is 0 Å². The average molecular weight is 225 g/mol. The summed E-state index contributed by atoms with van der Waals surface area (Å²) in [7, 11) is 1.57. The third-order valence-electron chi connectivity index (χ3n) is 1.65. The molecule has 0 N–H and O–H groups in total. The first-order valence-corrected chi connectivity index (χ1v) is 4.94. The highest BCUT2D eigenvalue weighted by atomic mass is 35.5. The molecule has 0 aliphatic heterocycles. The lowest BCUT2D eigenvalue weighted by Crippen LogP contribution is -2.22. The lowest BCUT2D eigenvalue weighted by molar-refractivity contribution is 0.571. The lowest BCUT2D eigenvalue weighted by atomic mass is 9.97. The Bertz CT molecular complexity index is 486. The zero-order valence-corrected chi connectivity index (χ0v) is 10.0. The van der Waals surface area contributed by atoms with Crippen molar-refractivity contribution < 1.29 is 0 Å². The first-order valence-electron chi connectivity index (χ1n) is 4.56. The van der Waals surface area contributed by atoms with Crippen LogP contribution in [0.25, 0.3) is 0 Å². The van der Waals surface area contributed by atoms with E-state index in [0.717, 1.165) is 0 Å². The molecule has 0 saturated carbocycles. The summed E-state index contributed by atoms with van der Waals surface area (Å²) in [4.78, 5) is 11.6. The molecule has 0 fully saturated rings. The van der Waals surface area contributed by atoms with E-state index in [1.54, 1.807) is 7.05 Å². The summed E-state index contributed by atoms with van der Waals surface area (Å²) in [5, 5.41) is 4.09. The fraction of sp³-hybridized carbons (Fsp3) is 0.455. The van der Waals surface area contributed by atoms with Crippen LogP contribution in [0.15, 0.2) is 11.0 Å². The molecule has 4 heteroatoms. The highest BCUT2D eigenvalue weighted by Crippen LogP contribution is 2.12. The number of nitrogens with zero attached hydrogens (tertiary/aromatic N) is 2. The van der Waals surface area contributed by atoms with Crippen LogP contribution >= 0.6 is 11.6 Å². The van der Waals surface area contributed by atoms with E-state index in [1.807, 2.05) is 20.8 Å². The van der Waals surface area contributed by atoms with Gasteiger partial charge in [0.2, 0.25) is 0 Å². The largest absolute Gasteiger partial charge is 0.283 e. The standard InChI is InChI=1S/C11H13ClN2O/c1-11(2,3)6-5-8-9(12)7-13-14(4)10(8)15/h7H,1-4H3. The van der Waals surface area contributed by atoms with Crippen molar-refractivity contribution in [2.75, 3.05) is 0 Å². The van der Waals surface area contributed by atoms with E-state index in [1.165, 1.54) is 10.9 Å². The van der Waals surface area contributed by atoms with Gasteiger partial charge < -0.3 is 0 Å². The Labute approximate surface area is 94.1 Å². The van der Waals surface area contributed by atoms with Crippen molar-refractivity contribution in [3.63, 3.8) is 0 Å². The summed E-state index contributed by atoms with van der Waals surface area (Å²) in [5.74, 6) is 5.78. The van der Waals surface area contributed by atoms with Crippen LogP contribution in [0.5, 0.6) is 0 Å². The minimum atomic E-state index is -0.265. The van der Waals surface area contributed by atoms with E-state index >= 15 is 0 Å². The van der Waals surface area contributed by atoms with Gasteiger partial charge in [-0.15, -0.1) is 0 Å². The van der Waals surface area contributed by atoms with Gasteiger partial charge in [0, 0.05) is 12.5 Å². The Balaban J connectivity index is 3.31. The fourth-order valence-electron chi connectivity index (χ4n) is 0.881. The van der Waals surface area contributed by atoms with Crippen LogP contribution in [0.2, 0.25) is 5.02 Å². The molecular formula is C11H13ClN2O. The number of rotatable bonds is 0. The van der Waals surface area contributed by atoms with Crippen molar-refractivity contribution in [1.29, 1.82) is 0 Å². The molecule has 0 aromatic carbocycles. The van der Waals surface area contributed by atoms with Crippen LogP contribution in [0.4, 0.5) is 0 Å². The number of aromatic nitrogens is 2. The monoisotopic (exact) mass is 224 g/mol. The number of halogens is 1. The van der Waals surface area contributed by atoms with Crippen LogP contribution < -0.4 is 5.56 Å². The van der Waals surface area contributed by atoms with Crippen molar-refractivity contribution in [3.05, 3.63) is 27.1 Å². The molecule has 3 nitrogen and oxygen atoms in total. The van der Waals surface area contributed by atoms with Gasteiger partial charge in [0.15, 0.2) is 0 Å². The molecule has 0 bridgehead atoms. The van der Waals surface area contributed by atoms with Gasteiger partial charge in [0.05, 0.1) is 11.2 Å². The smallest absolute Gasteiger partial charge is 0.266 e. The maximum atomic E-state index is 11.6. The first kappa shape index (κ1) is 11.8. The van der Waals surface area contributed by atoms with E-state index in [9.17, 15) is 4.79 Å². The molecule has 0 aliphatic carbocycles. The minimum absolute atomic E-state index is 0.155. The highest BCUT2D eigenvalue weighted by molar-refractivity contribution is 6.31. The molecule has 0 aliphatic rings. The van der Waals surface area contributed by atoms with E-state index < -0.39 is 0 Å². The maximum Gasteiger partial charge on any atom is 0.283 e. The van der Waals surface area contributed by atoms with Crippen molar-refractivity contribution >= 4 is 11.6 Å². The quantitative estimate of drug-likeness (QED) is 0.631. The maximum absolute atomic E-state index is 11.6. The number of hydrogen-bond acceptors (Lipinski definition) is 2. The predicted octanol–water partition coefficient (Wildman–Crippen LogP) is 1.83. The van der Waals surface area contributed by atoms with Gasteiger partial charge in [-0.2, -0.15) is 5.10 Å². The second kappa shape index (κ2) is 4.08. The zero-order valence-electron chi connectivity index (χ0n) is 9.26. The fourth-order valence-corrected chi connectivity index (χ4v) is 1.05. The second-order valence-corrected chi connectivity index (χ2v) is 4.70.